The van der Waals surface area contributed by atoms with Crippen molar-refractivity contribution in [2.75, 3.05) is 13.1 Å². The Hall–Kier alpha value is -4.66. The average Bonchev–Trinajstić information content (AvgIpc) is 3.78. The van der Waals surface area contributed by atoms with E-state index in [1.54, 1.807) is 49.1 Å². The van der Waals surface area contributed by atoms with Crippen molar-refractivity contribution in [3.63, 3.8) is 0 Å². The summed E-state index contributed by atoms with van der Waals surface area (Å²) in [7, 11) is 0. The number of alkyl halides is 7. The number of hydrogen-bond donors (Lipinski definition) is 3. The Balaban J connectivity index is 0.000000330. The monoisotopic (exact) mass is 886 g/mol. The first kappa shape index (κ1) is 53.7. The second-order valence-electron chi connectivity index (χ2n) is 15.3. The third kappa shape index (κ3) is 14.7. The number of rotatable bonds is 12. The molecule has 0 saturated carbocycles. The number of halogens is 7. The van der Waals surface area contributed by atoms with Crippen LogP contribution in [-0.2, 0) is 35.0 Å². The maximum atomic E-state index is 14.1. The summed E-state index contributed by atoms with van der Waals surface area (Å²) in [5.41, 5.74) is 0.535. The van der Waals surface area contributed by atoms with Crippen molar-refractivity contribution in [1.82, 2.24) is 20.4 Å². The van der Waals surface area contributed by atoms with Gasteiger partial charge in [-0.15, -0.1) is 0 Å². The number of nitrogens with one attached hydrogen (secondary N) is 2. The van der Waals surface area contributed by atoms with E-state index in [1.807, 2.05) is 0 Å². The van der Waals surface area contributed by atoms with E-state index in [0.717, 1.165) is 24.3 Å². The number of carbonyl (C=O) groups is 4. The van der Waals surface area contributed by atoms with Gasteiger partial charge in [0.1, 0.15) is 6.17 Å². The molecule has 2 amide bonds. The predicted octanol–water partition coefficient (Wildman–Crippen LogP) is -1.25. The van der Waals surface area contributed by atoms with Crippen LogP contribution in [0.1, 0.15) is 92.9 Å². The summed E-state index contributed by atoms with van der Waals surface area (Å²) in [5.74, 6) is -3.41. The minimum Gasteiger partial charge on any atom is -0.545 e. The molecule has 20 heteroatoms. The zero-order chi connectivity index (χ0) is 45.5. The molecule has 0 aromatic heterocycles. The van der Waals surface area contributed by atoms with Gasteiger partial charge in [0.15, 0.2) is 0 Å². The Morgan fingerprint density at radius 2 is 1.02 bits per heavy atom. The van der Waals surface area contributed by atoms with Gasteiger partial charge in [0.2, 0.25) is 11.8 Å². The summed E-state index contributed by atoms with van der Waals surface area (Å²) in [6.07, 6.45) is -10.9. The Labute approximate surface area is 388 Å². The van der Waals surface area contributed by atoms with Gasteiger partial charge in [0, 0.05) is 32.6 Å². The molecule has 0 aliphatic carbocycles. The van der Waals surface area contributed by atoms with Crippen LogP contribution in [0.15, 0.2) is 97.1 Å². The molecule has 11 nitrogen and oxygen atoms in total. The fourth-order valence-electron chi connectivity index (χ4n) is 7.38. The minimum atomic E-state index is -4.48. The molecule has 332 valence electrons. The number of aliphatic hydroxyl groups is 1. The van der Waals surface area contributed by atoms with Crippen LogP contribution < -0.4 is 58.6 Å². The van der Waals surface area contributed by atoms with Crippen LogP contribution >= 0.6 is 0 Å². The Bertz CT molecular complexity index is 2060. The van der Waals surface area contributed by atoms with Crippen LogP contribution in [-0.4, -0.2) is 76.1 Å². The summed E-state index contributed by atoms with van der Waals surface area (Å²) in [4.78, 5) is 50.5. The molecular weight excluding hydrogens is 843 g/mol. The molecule has 3 N–H and O–H groups in total. The molecular formula is C44H43F7Li2N4O7. The summed E-state index contributed by atoms with van der Waals surface area (Å²) < 4.78 is 91.8. The maximum Gasteiger partial charge on any atom is 1.00 e. The molecule has 0 bridgehead atoms. The van der Waals surface area contributed by atoms with Crippen molar-refractivity contribution in [3.8, 4) is 0 Å². The molecule has 0 spiro atoms. The van der Waals surface area contributed by atoms with E-state index in [0.29, 0.717) is 22.3 Å². The molecule has 6 atom stereocenters. The third-order valence-electron chi connectivity index (χ3n) is 10.6. The van der Waals surface area contributed by atoms with Crippen molar-refractivity contribution in [1.29, 1.82) is 0 Å². The number of hydrogen-bond acceptors (Lipinski definition) is 9. The second-order valence-corrected chi connectivity index (χ2v) is 15.3. The van der Waals surface area contributed by atoms with E-state index >= 15 is 0 Å². The van der Waals surface area contributed by atoms with Gasteiger partial charge in [0.25, 0.3) is 0 Å². The number of carboxylic acids is 2. The van der Waals surface area contributed by atoms with Gasteiger partial charge in [0.05, 0.1) is 53.3 Å². The van der Waals surface area contributed by atoms with Gasteiger partial charge >= 0.3 is 50.1 Å². The van der Waals surface area contributed by atoms with Crippen LogP contribution in [0.4, 0.5) is 30.7 Å². The van der Waals surface area contributed by atoms with Gasteiger partial charge < -0.3 is 35.5 Å². The van der Waals surface area contributed by atoms with Crippen molar-refractivity contribution < 1.29 is 103 Å². The molecule has 4 aromatic carbocycles. The normalized spacial score (nSPS) is 19.8. The third-order valence-corrected chi connectivity index (χ3v) is 10.6. The van der Waals surface area contributed by atoms with Gasteiger partial charge in [-0.2, -0.15) is 26.3 Å². The van der Waals surface area contributed by atoms with Gasteiger partial charge in [-0.3, -0.25) is 19.4 Å². The van der Waals surface area contributed by atoms with Crippen LogP contribution in [0.25, 0.3) is 0 Å². The minimum absolute atomic E-state index is 0. The number of nitrogens with zero attached hydrogens (tertiary/aromatic N) is 2. The fraction of sp³-hybridized carbons (Fsp3) is 0.364. The summed E-state index contributed by atoms with van der Waals surface area (Å²) in [6, 6.07) is 18.9. The van der Waals surface area contributed by atoms with E-state index in [-0.39, 0.29) is 93.8 Å². The first-order valence-electron chi connectivity index (χ1n) is 19.4. The molecule has 6 rings (SSSR count). The smallest absolute Gasteiger partial charge is 0.545 e. The maximum absolute atomic E-state index is 14.1. The number of amides is 2. The van der Waals surface area contributed by atoms with Crippen LogP contribution in [0.3, 0.4) is 0 Å². The van der Waals surface area contributed by atoms with E-state index in [1.165, 1.54) is 47.4 Å². The Morgan fingerprint density at radius 1 is 0.641 bits per heavy atom. The number of aliphatic hydroxyl groups excluding tert-OH is 1. The molecule has 0 radical (unpaired) electrons. The number of carbonyl (C=O) groups excluding carboxylic acids is 4. The number of β-amino-alcohol motifs (C(OH)–C–C–N with tert-alkyl or cyclic N) is 1. The molecule has 4 aromatic rings. The van der Waals surface area contributed by atoms with E-state index in [2.05, 4.69) is 10.6 Å². The predicted molar refractivity (Wildman–Crippen MR) is 206 cm³/mol. The average molecular weight is 887 g/mol. The van der Waals surface area contributed by atoms with E-state index in [4.69, 9.17) is 0 Å². The van der Waals surface area contributed by atoms with Crippen molar-refractivity contribution in [2.45, 2.75) is 88.6 Å². The Kier molecular flexibility index (Phi) is 19.3. The second kappa shape index (κ2) is 23.0. The van der Waals surface area contributed by atoms with Gasteiger partial charge in [-0.05, 0) is 65.8 Å². The topological polar surface area (TPSA) is 165 Å². The van der Waals surface area contributed by atoms with Gasteiger partial charge in [-0.25, -0.2) is 4.39 Å². The number of aromatic carboxylic acids is 2. The molecule has 2 fully saturated rings. The zero-order valence-electron chi connectivity index (χ0n) is 35.4. The molecule has 2 saturated heterocycles. The molecule has 2 heterocycles. The molecule has 64 heavy (non-hydrogen) atoms. The van der Waals surface area contributed by atoms with Crippen molar-refractivity contribution in [3.05, 3.63) is 142 Å². The van der Waals surface area contributed by atoms with Crippen LogP contribution in [0.2, 0.25) is 0 Å². The van der Waals surface area contributed by atoms with Crippen molar-refractivity contribution >= 4 is 23.8 Å². The fourth-order valence-corrected chi connectivity index (χ4v) is 7.38. The number of carboxylic acid groups (broad SMARTS) is 2. The van der Waals surface area contributed by atoms with E-state index in [9.17, 15) is 65.2 Å². The zero-order valence-corrected chi connectivity index (χ0v) is 35.4. The standard InChI is InChI=1S/C22H22F4N2O3.C22H23F3N2O4.2Li/c1-13(15-5-7-16(8-6-15)21(30)31)27-20(29)19-10-18(23)12-28(19)11-14-3-2-4-17(9-14)22(24,25)26;1-13(15-5-7-16(8-6-15)21(30)31)26-20(29)19-10-18(28)12-27(19)11-14-3-2-4-17(9-14)22(23,24)25;;/h2-9,13,18-19H,10-12H2,1H3,(H,27,29)(H,30,31);2-9,13,18-19,28H,10-12H2,1H3,(H,26,29)(H,30,31);;/q;;2*+1/p-2/t13-,18-,19+;13-,18+,19+;;/m00../s1. The molecule has 0 unspecified atom stereocenters. The number of benzene rings is 4. The van der Waals surface area contributed by atoms with Crippen LogP contribution in [0, 0.1) is 0 Å². The molecule has 2 aliphatic heterocycles. The Morgan fingerprint density at radius 3 is 1.39 bits per heavy atom. The van der Waals surface area contributed by atoms with E-state index < -0.39 is 77.8 Å². The van der Waals surface area contributed by atoms with Gasteiger partial charge in [-0.1, -0.05) is 84.9 Å². The quantitative estimate of drug-likeness (QED) is 0.117. The SMILES string of the molecule is C[C@H](NC(=O)[C@H]1C[C@@H](O)CN1Cc1cccc(C(F)(F)F)c1)c1ccc(C(=O)[O-])cc1.C[C@H](NC(=O)[C@H]1C[C@H](F)CN1Cc1cccc(C(F)(F)F)c1)c1ccc(C(=O)[O-])cc1.[Li+].[Li+]. The summed E-state index contributed by atoms with van der Waals surface area (Å²) in [6.45, 7) is 3.65. The first-order valence-corrected chi connectivity index (χ1v) is 19.4. The molecule has 2 aliphatic rings. The number of likely N-dealkylation sites (tertiary alicyclic amines) is 2. The summed E-state index contributed by atoms with van der Waals surface area (Å²) in [5, 5.41) is 37.3. The first-order chi connectivity index (χ1) is 29.1. The van der Waals surface area contributed by atoms with Crippen molar-refractivity contribution in [2.24, 2.45) is 0 Å². The largest absolute Gasteiger partial charge is 1.00 e. The summed E-state index contributed by atoms with van der Waals surface area (Å²) >= 11 is 0. The van der Waals surface area contributed by atoms with Crippen LogP contribution in [0.5, 0.6) is 0 Å².